The average Bonchev–Trinajstić information content (AvgIpc) is 2.99. The number of aryl methyl sites for hydroxylation is 1. The molecule has 0 radical (unpaired) electrons. The number of para-hydroxylation sites is 2. The summed E-state index contributed by atoms with van der Waals surface area (Å²) in [5.41, 5.74) is 3.45. The molecule has 38 heavy (non-hydrogen) atoms. The van der Waals surface area contributed by atoms with Crippen molar-refractivity contribution in [2.75, 3.05) is 23.4 Å². The zero-order valence-corrected chi connectivity index (χ0v) is 23.5. The van der Waals surface area contributed by atoms with Crippen LogP contribution in [-0.2, 0) is 20.9 Å². The molecule has 0 spiro atoms. The van der Waals surface area contributed by atoms with Crippen LogP contribution in [0.15, 0.2) is 60.7 Å². The normalized spacial score (nSPS) is 16.1. The van der Waals surface area contributed by atoms with E-state index in [1.54, 1.807) is 23.8 Å². The van der Waals surface area contributed by atoms with Gasteiger partial charge in [-0.05, 0) is 60.8 Å². The zero-order valence-electron chi connectivity index (χ0n) is 22.7. The Morgan fingerprint density at radius 3 is 2.32 bits per heavy atom. The first-order valence-corrected chi connectivity index (χ1v) is 12.9. The van der Waals surface area contributed by atoms with Crippen LogP contribution in [0.5, 0.6) is 0 Å². The van der Waals surface area contributed by atoms with Gasteiger partial charge in [-0.1, -0.05) is 62.4 Å². The maximum atomic E-state index is 14.1. The molecule has 2 unspecified atom stereocenters. The number of amides is 3. The maximum Gasteiger partial charge on any atom is 0.251 e. The average molecular weight is 537 g/mol. The molecule has 0 bridgehead atoms. The minimum atomic E-state index is -0.887. The molecule has 0 fully saturated rings. The van der Waals surface area contributed by atoms with Gasteiger partial charge in [0.15, 0.2) is 0 Å². The largest absolute Gasteiger partial charge is 0.341 e. The molecule has 0 aromatic heterocycles. The molecule has 202 valence electrons. The van der Waals surface area contributed by atoms with Crippen molar-refractivity contribution < 1.29 is 14.4 Å². The highest BCUT2D eigenvalue weighted by Gasteiger charge is 2.37. The summed E-state index contributed by atoms with van der Waals surface area (Å²) < 4.78 is 0. The molecule has 8 heteroatoms. The molecular weight excluding hydrogens is 500 g/mol. The summed E-state index contributed by atoms with van der Waals surface area (Å²) in [6.45, 7) is 8.18. The van der Waals surface area contributed by atoms with Crippen molar-refractivity contribution in [3.05, 3.63) is 71.8 Å². The van der Waals surface area contributed by atoms with Gasteiger partial charge in [-0.2, -0.15) is 0 Å². The smallest absolute Gasteiger partial charge is 0.251 e. The van der Waals surface area contributed by atoms with Gasteiger partial charge in [0.1, 0.15) is 6.04 Å². The Morgan fingerprint density at radius 2 is 1.63 bits per heavy atom. The molecular formula is C30H37ClN4O3. The summed E-state index contributed by atoms with van der Waals surface area (Å²) in [5.74, 6) is -0.439. The lowest BCUT2D eigenvalue weighted by atomic mass is 9.99. The lowest BCUT2D eigenvalue weighted by molar-refractivity contribution is -0.128. The number of benzene rings is 3. The second-order valence-corrected chi connectivity index (χ2v) is 10.2. The summed E-state index contributed by atoms with van der Waals surface area (Å²) in [7, 11) is 1.70. The van der Waals surface area contributed by atoms with Crippen molar-refractivity contribution in [1.82, 2.24) is 10.6 Å². The zero-order chi connectivity index (χ0) is 26.7. The van der Waals surface area contributed by atoms with Gasteiger partial charge in [0, 0.05) is 6.42 Å². The number of fused-ring (bicyclic) bond motifs is 2. The number of carbonyl (C=O) groups is 3. The standard InChI is InChI=1S/C30H36N4O3.ClH/c1-19(2)16-28(35)33-18-25(32-29(36)21(4)31-5)30(37)34(27-13-9-8-12-26(27)33)17-24-20(3)14-15-22-10-6-7-11-23(22)24;/h6-15,19,21,25,31H,16-18H2,1-5H3,(H,32,36);1H. The molecule has 3 aromatic rings. The Bertz CT molecular complexity index is 1330. The highest BCUT2D eigenvalue weighted by atomic mass is 35.5. The molecule has 7 nitrogen and oxygen atoms in total. The van der Waals surface area contributed by atoms with Crippen molar-refractivity contribution in [3.8, 4) is 0 Å². The van der Waals surface area contributed by atoms with Crippen LogP contribution < -0.4 is 20.4 Å². The van der Waals surface area contributed by atoms with Gasteiger partial charge in [0.25, 0.3) is 5.91 Å². The van der Waals surface area contributed by atoms with Crippen molar-refractivity contribution >= 4 is 52.3 Å². The molecule has 2 N–H and O–H groups in total. The predicted octanol–water partition coefficient (Wildman–Crippen LogP) is 4.59. The Labute approximate surface area is 231 Å². The Balaban J connectivity index is 0.00000400. The number of nitrogens with one attached hydrogen (secondary N) is 2. The first-order valence-electron chi connectivity index (χ1n) is 12.9. The second kappa shape index (κ2) is 12.4. The summed E-state index contributed by atoms with van der Waals surface area (Å²) in [5, 5.41) is 8.01. The molecule has 3 amide bonds. The number of hydrogen-bond donors (Lipinski definition) is 2. The quantitative estimate of drug-likeness (QED) is 0.463. The number of anilines is 2. The molecule has 2 atom stereocenters. The topological polar surface area (TPSA) is 81.8 Å². The fraction of sp³-hybridized carbons (Fsp3) is 0.367. The summed E-state index contributed by atoms with van der Waals surface area (Å²) in [6.07, 6.45) is 0.346. The molecule has 1 heterocycles. The SMILES string of the molecule is CNC(C)C(=O)NC1CN(C(=O)CC(C)C)c2ccccc2N(Cc2c(C)ccc3ccccc23)C1=O.Cl. The molecule has 1 aliphatic heterocycles. The van der Waals surface area contributed by atoms with Crippen LogP contribution in [0.4, 0.5) is 11.4 Å². The predicted molar refractivity (Wildman–Crippen MR) is 156 cm³/mol. The van der Waals surface area contributed by atoms with Crippen LogP contribution >= 0.6 is 12.4 Å². The molecule has 0 saturated heterocycles. The number of carbonyl (C=O) groups excluding carboxylic acids is 3. The van der Waals surface area contributed by atoms with Crippen molar-refractivity contribution in [1.29, 1.82) is 0 Å². The van der Waals surface area contributed by atoms with Crippen molar-refractivity contribution in [2.45, 2.75) is 52.7 Å². The first kappa shape index (κ1) is 29.1. The van der Waals surface area contributed by atoms with E-state index >= 15 is 0 Å². The van der Waals surface area contributed by atoms with Crippen LogP contribution in [0.25, 0.3) is 10.8 Å². The van der Waals surface area contributed by atoms with Crippen LogP contribution in [0, 0.1) is 12.8 Å². The van der Waals surface area contributed by atoms with Crippen LogP contribution in [-0.4, -0.2) is 43.4 Å². The Kier molecular flexibility index (Phi) is 9.52. The van der Waals surface area contributed by atoms with Gasteiger partial charge in [-0.25, -0.2) is 0 Å². The van der Waals surface area contributed by atoms with Crippen molar-refractivity contribution in [3.63, 3.8) is 0 Å². The van der Waals surface area contributed by atoms with Crippen LogP contribution in [0.3, 0.4) is 0 Å². The highest BCUT2D eigenvalue weighted by Crippen LogP contribution is 2.36. The van der Waals surface area contributed by atoms with Gasteiger partial charge in [-0.15, -0.1) is 12.4 Å². The summed E-state index contributed by atoms with van der Waals surface area (Å²) in [4.78, 5) is 43.8. The summed E-state index contributed by atoms with van der Waals surface area (Å²) in [6, 6.07) is 18.4. The maximum absolute atomic E-state index is 14.1. The molecule has 1 aliphatic rings. The van der Waals surface area contributed by atoms with E-state index < -0.39 is 12.1 Å². The number of rotatable bonds is 7. The van der Waals surface area contributed by atoms with Crippen LogP contribution in [0.2, 0.25) is 0 Å². The minimum absolute atomic E-state index is 0. The van der Waals surface area contributed by atoms with E-state index in [-0.39, 0.29) is 42.6 Å². The fourth-order valence-corrected chi connectivity index (χ4v) is 4.79. The van der Waals surface area contributed by atoms with Gasteiger partial charge in [0.05, 0.1) is 30.5 Å². The first-order chi connectivity index (χ1) is 17.7. The van der Waals surface area contributed by atoms with E-state index in [0.717, 1.165) is 21.9 Å². The van der Waals surface area contributed by atoms with E-state index in [0.29, 0.717) is 24.3 Å². The lowest BCUT2D eigenvalue weighted by Gasteiger charge is -2.27. The Hall–Kier alpha value is -3.42. The monoisotopic (exact) mass is 536 g/mol. The number of likely N-dealkylation sites (N-methyl/N-ethyl adjacent to an activating group) is 1. The van der Waals surface area contributed by atoms with E-state index in [9.17, 15) is 14.4 Å². The third-order valence-corrected chi connectivity index (χ3v) is 7.01. The van der Waals surface area contributed by atoms with Gasteiger partial charge in [0.2, 0.25) is 11.8 Å². The molecule has 0 aliphatic carbocycles. The van der Waals surface area contributed by atoms with E-state index in [1.807, 2.05) is 57.2 Å². The Morgan fingerprint density at radius 1 is 0.974 bits per heavy atom. The third-order valence-electron chi connectivity index (χ3n) is 7.01. The summed E-state index contributed by atoms with van der Waals surface area (Å²) >= 11 is 0. The van der Waals surface area contributed by atoms with Gasteiger partial charge in [-0.3, -0.25) is 14.4 Å². The minimum Gasteiger partial charge on any atom is -0.341 e. The van der Waals surface area contributed by atoms with Gasteiger partial charge < -0.3 is 20.4 Å². The fourth-order valence-electron chi connectivity index (χ4n) is 4.79. The molecule has 0 saturated carbocycles. The van der Waals surface area contributed by atoms with E-state index in [2.05, 4.69) is 34.9 Å². The lowest BCUT2D eigenvalue weighted by Crippen LogP contribution is -2.55. The highest BCUT2D eigenvalue weighted by molar-refractivity contribution is 6.08. The third kappa shape index (κ3) is 6.00. The van der Waals surface area contributed by atoms with E-state index in [4.69, 9.17) is 0 Å². The van der Waals surface area contributed by atoms with Crippen LogP contribution in [0.1, 0.15) is 38.3 Å². The molecule has 3 aromatic carbocycles. The molecule has 4 rings (SSSR count). The number of nitrogens with zero attached hydrogens (tertiary/aromatic N) is 2. The van der Waals surface area contributed by atoms with Gasteiger partial charge >= 0.3 is 0 Å². The van der Waals surface area contributed by atoms with Crippen molar-refractivity contribution in [2.24, 2.45) is 5.92 Å². The number of hydrogen-bond acceptors (Lipinski definition) is 4. The van der Waals surface area contributed by atoms with E-state index in [1.165, 1.54) is 0 Å². The number of halogens is 1. The second-order valence-electron chi connectivity index (χ2n) is 10.2.